The number of carbonyl (C=O) groups excluding carboxylic acids is 1. The monoisotopic (exact) mass is 290 g/mol. The van der Waals surface area contributed by atoms with E-state index in [-0.39, 0.29) is 12.0 Å². The number of hydrogen-bond acceptors (Lipinski definition) is 3. The van der Waals surface area contributed by atoms with Gasteiger partial charge < -0.3 is 15.4 Å². The molecule has 1 heterocycles. The van der Waals surface area contributed by atoms with Gasteiger partial charge in [-0.2, -0.15) is 0 Å². The lowest BCUT2D eigenvalue weighted by molar-refractivity contribution is -0.132. The maximum absolute atomic E-state index is 12.4. The highest BCUT2D eigenvalue weighted by Crippen LogP contribution is 2.19. The van der Waals surface area contributed by atoms with Crippen molar-refractivity contribution in [2.75, 3.05) is 19.7 Å². The van der Waals surface area contributed by atoms with Crippen molar-refractivity contribution in [2.24, 2.45) is 11.7 Å². The lowest BCUT2D eigenvalue weighted by Crippen LogP contribution is -2.37. The topological polar surface area (TPSA) is 55.6 Å². The molecule has 1 aromatic carbocycles. The first kappa shape index (κ1) is 16.0. The number of likely N-dealkylation sites (tertiary alicyclic amines) is 1. The molecule has 1 fully saturated rings. The van der Waals surface area contributed by atoms with Gasteiger partial charge >= 0.3 is 0 Å². The van der Waals surface area contributed by atoms with E-state index in [1.54, 1.807) is 0 Å². The van der Waals surface area contributed by atoms with Gasteiger partial charge in [0.25, 0.3) is 0 Å². The summed E-state index contributed by atoms with van der Waals surface area (Å²) in [5.74, 6) is 0.645. The molecule has 1 aliphatic rings. The molecule has 0 aliphatic carbocycles. The van der Waals surface area contributed by atoms with Crippen molar-refractivity contribution < 1.29 is 9.53 Å². The quantitative estimate of drug-likeness (QED) is 0.875. The van der Waals surface area contributed by atoms with Crippen LogP contribution in [0.5, 0.6) is 0 Å². The molecule has 0 unspecified atom stereocenters. The van der Waals surface area contributed by atoms with Gasteiger partial charge in [-0.1, -0.05) is 44.2 Å². The second-order valence-corrected chi connectivity index (χ2v) is 6.14. The number of ether oxygens (including phenoxy) is 1. The molecular formula is C17H26N2O2. The van der Waals surface area contributed by atoms with Crippen molar-refractivity contribution in [3.63, 3.8) is 0 Å². The van der Waals surface area contributed by atoms with E-state index in [9.17, 15) is 4.79 Å². The van der Waals surface area contributed by atoms with Crippen LogP contribution in [-0.4, -0.2) is 36.6 Å². The summed E-state index contributed by atoms with van der Waals surface area (Å²) in [6.07, 6.45) is 2.13. The van der Waals surface area contributed by atoms with Crippen LogP contribution in [0.15, 0.2) is 30.3 Å². The van der Waals surface area contributed by atoms with Crippen molar-refractivity contribution in [2.45, 2.75) is 38.8 Å². The highest BCUT2D eigenvalue weighted by molar-refractivity contribution is 5.83. The summed E-state index contributed by atoms with van der Waals surface area (Å²) < 4.78 is 5.84. The fourth-order valence-corrected chi connectivity index (χ4v) is 2.53. The van der Waals surface area contributed by atoms with E-state index in [0.29, 0.717) is 12.5 Å². The third-order valence-electron chi connectivity index (χ3n) is 3.93. The number of hydrogen-bond donors (Lipinski definition) is 1. The van der Waals surface area contributed by atoms with Gasteiger partial charge in [-0.05, 0) is 24.3 Å². The van der Waals surface area contributed by atoms with Crippen LogP contribution in [0.2, 0.25) is 0 Å². The number of amides is 1. The summed E-state index contributed by atoms with van der Waals surface area (Å²) in [5.41, 5.74) is 6.94. The molecule has 21 heavy (non-hydrogen) atoms. The van der Waals surface area contributed by atoms with Gasteiger partial charge in [-0.25, -0.2) is 0 Å². The number of carbonyl (C=O) groups is 1. The molecule has 2 N–H and O–H groups in total. The number of nitrogens with zero attached hydrogens (tertiary/aromatic N) is 1. The smallest absolute Gasteiger partial charge is 0.244 e. The largest absolute Gasteiger partial charge is 0.376 e. The molecule has 116 valence electrons. The molecule has 4 nitrogen and oxygen atoms in total. The Balaban J connectivity index is 1.82. The predicted octanol–water partition coefficient (Wildman–Crippen LogP) is 2.35. The number of rotatable bonds is 6. The normalized spacial score (nSPS) is 20.0. The molecule has 0 aromatic heterocycles. The van der Waals surface area contributed by atoms with E-state index in [4.69, 9.17) is 10.5 Å². The first-order chi connectivity index (χ1) is 10.1. The van der Waals surface area contributed by atoms with Crippen LogP contribution in [0.25, 0.3) is 0 Å². The van der Waals surface area contributed by atoms with Gasteiger partial charge in [0.05, 0.1) is 6.10 Å². The maximum Gasteiger partial charge on any atom is 0.244 e. The first-order valence-electron chi connectivity index (χ1n) is 7.79. The second-order valence-electron chi connectivity index (χ2n) is 6.14. The molecule has 1 aliphatic heterocycles. The summed E-state index contributed by atoms with van der Waals surface area (Å²) in [6.45, 7) is 6.55. The molecular weight excluding hydrogens is 264 g/mol. The Morgan fingerprint density at radius 2 is 2.10 bits per heavy atom. The van der Waals surface area contributed by atoms with Crippen molar-refractivity contribution >= 4 is 5.91 Å². The molecule has 2 rings (SSSR count). The summed E-state index contributed by atoms with van der Waals surface area (Å²) >= 11 is 0. The molecule has 0 spiro atoms. The summed E-state index contributed by atoms with van der Waals surface area (Å²) in [7, 11) is 0. The Morgan fingerprint density at radius 1 is 1.38 bits per heavy atom. The Labute approximate surface area is 127 Å². The van der Waals surface area contributed by atoms with E-state index in [2.05, 4.69) is 13.8 Å². The van der Waals surface area contributed by atoms with E-state index < -0.39 is 6.04 Å². The Bertz CT molecular complexity index is 447. The highest BCUT2D eigenvalue weighted by atomic mass is 16.5. The SMILES string of the molecule is CC(C)CCO[C@@H]1CCN(C(=O)[C@@H](N)c2ccccc2)C1. The Kier molecular flexibility index (Phi) is 5.76. The Hall–Kier alpha value is -1.39. The molecule has 0 radical (unpaired) electrons. The van der Waals surface area contributed by atoms with Crippen molar-refractivity contribution in [3.05, 3.63) is 35.9 Å². The first-order valence-corrected chi connectivity index (χ1v) is 7.79. The van der Waals surface area contributed by atoms with E-state index in [1.807, 2.05) is 35.2 Å². The lowest BCUT2D eigenvalue weighted by atomic mass is 10.1. The van der Waals surface area contributed by atoms with Crippen LogP contribution < -0.4 is 5.73 Å². The van der Waals surface area contributed by atoms with Gasteiger partial charge in [0.15, 0.2) is 0 Å². The number of benzene rings is 1. The van der Waals surface area contributed by atoms with Crippen LogP contribution in [0.1, 0.15) is 38.3 Å². The van der Waals surface area contributed by atoms with Crippen molar-refractivity contribution in [1.82, 2.24) is 4.90 Å². The zero-order valence-corrected chi connectivity index (χ0v) is 13.0. The third kappa shape index (κ3) is 4.55. The molecule has 1 saturated heterocycles. The van der Waals surface area contributed by atoms with Crippen LogP contribution in [0.4, 0.5) is 0 Å². The maximum atomic E-state index is 12.4. The van der Waals surface area contributed by atoms with Crippen LogP contribution in [-0.2, 0) is 9.53 Å². The molecule has 0 saturated carbocycles. The minimum atomic E-state index is -0.569. The minimum absolute atomic E-state index is 0.00356. The molecule has 4 heteroatoms. The Morgan fingerprint density at radius 3 is 2.76 bits per heavy atom. The molecule has 1 amide bonds. The average Bonchev–Trinajstić information content (AvgIpc) is 2.95. The van der Waals surface area contributed by atoms with Gasteiger partial charge in [0.1, 0.15) is 6.04 Å². The van der Waals surface area contributed by atoms with Gasteiger partial charge in [0.2, 0.25) is 5.91 Å². The average molecular weight is 290 g/mol. The molecule has 2 atom stereocenters. The predicted molar refractivity (Wildman–Crippen MR) is 83.8 cm³/mol. The summed E-state index contributed by atoms with van der Waals surface area (Å²) in [4.78, 5) is 14.2. The van der Waals surface area contributed by atoms with Crippen LogP contribution in [0, 0.1) is 5.92 Å². The van der Waals surface area contributed by atoms with Crippen molar-refractivity contribution in [3.8, 4) is 0 Å². The minimum Gasteiger partial charge on any atom is -0.376 e. The third-order valence-corrected chi connectivity index (χ3v) is 3.93. The van der Waals surface area contributed by atoms with E-state index in [1.165, 1.54) is 0 Å². The van der Waals surface area contributed by atoms with Crippen molar-refractivity contribution in [1.29, 1.82) is 0 Å². The molecule has 1 aromatic rings. The van der Waals surface area contributed by atoms with Gasteiger partial charge in [-0.15, -0.1) is 0 Å². The highest BCUT2D eigenvalue weighted by Gasteiger charge is 2.30. The summed E-state index contributed by atoms with van der Waals surface area (Å²) in [5, 5.41) is 0. The zero-order chi connectivity index (χ0) is 15.2. The second kappa shape index (κ2) is 7.57. The fourth-order valence-electron chi connectivity index (χ4n) is 2.53. The summed E-state index contributed by atoms with van der Waals surface area (Å²) in [6, 6.07) is 8.97. The van der Waals surface area contributed by atoms with E-state index >= 15 is 0 Å². The lowest BCUT2D eigenvalue weighted by Gasteiger charge is -2.21. The van der Waals surface area contributed by atoms with Crippen LogP contribution >= 0.6 is 0 Å². The van der Waals surface area contributed by atoms with Gasteiger partial charge in [0, 0.05) is 19.7 Å². The fraction of sp³-hybridized carbons (Fsp3) is 0.588. The van der Waals surface area contributed by atoms with E-state index in [0.717, 1.165) is 31.6 Å². The standard InChI is InChI=1S/C17H26N2O2/c1-13(2)9-11-21-15-8-10-19(12-15)17(20)16(18)14-6-4-3-5-7-14/h3-7,13,15-16H,8-12,18H2,1-2H3/t15-,16+/m1/s1. The van der Waals surface area contributed by atoms with Gasteiger partial charge in [-0.3, -0.25) is 4.79 Å². The molecule has 0 bridgehead atoms. The van der Waals surface area contributed by atoms with Crippen LogP contribution in [0.3, 0.4) is 0 Å². The number of nitrogens with two attached hydrogens (primary N) is 1. The zero-order valence-electron chi connectivity index (χ0n) is 13.0.